The molecule has 0 spiro atoms. The number of carbonyl (C=O) groups is 1. The second-order valence-electron chi connectivity index (χ2n) is 6.40. The van der Waals surface area contributed by atoms with Gasteiger partial charge in [0.05, 0.1) is 13.7 Å². The van der Waals surface area contributed by atoms with Gasteiger partial charge in [0.2, 0.25) is 5.91 Å². The number of rotatable bonds is 4. The molecule has 0 bridgehead atoms. The zero-order chi connectivity index (χ0) is 18.1. The molecule has 26 heavy (non-hydrogen) atoms. The van der Waals surface area contributed by atoms with E-state index in [1.807, 2.05) is 36.4 Å². The van der Waals surface area contributed by atoms with Gasteiger partial charge in [-0.1, -0.05) is 58.4 Å². The fourth-order valence-corrected chi connectivity index (χ4v) is 3.79. The molecule has 1 heterocycles. The predicted octanol–water partition coefficient (Wildman–Crippen LogP) is 4.24. The first kappa shape index (κ1) is 17.1. The Labute approximate surface area is 160 Å². The first-order chi connectivity index (χ1) is 12.7. The van der Waals surface area contributed by atoms with E-state index in [2.05, 4.69) is 50.4 Å². The van der Waals surface area contributed by atoms with Crippen molar-refractivity contribution in [1.29, 1.82) is 0 Å². The van der Waals surface area contributed by atoms with Crippen molar-refractivity contribution < 1.29 is 9.53 Å². The number of nitrogens with zero attached hydrogens (tertiary/aromatic N) is 1. The van der Waals surface area contributed by atoms with Crippen LogP contribution in [0.15, 0.2) is 65.1 Å². The molecule has 0 aromatic heterocycles. The van der Waals surface area contributed by atoms with Crippen molar-refractivity contribution in [3.63, 3.8) is 0 Å². The van der Waals surface area contributed by atoms with Crippen molar-refractivity contribution in [2.24, 2.45) is 0 Å². The number of hydrogen-bond donors (Lipinski definition) is 1. The van der Waals surface area contributed by atoms with Gasteiger partial charge in [-0.15, -0.1) is 0 Å². The molecule has 0 aliphatic carbocycles. The van der Waals surface area contributed by atoms with Gasteiger partial charge in [-0.25, -0.2) is 0 Å². The number of ether oxygens (including phenoxy) is 1. The molecule has 1 fully saturated rings. The highest BCUT2D eigenvalue weighted by Gasteiger charge is 2.33. The van der Waals surface area contributed by atoms with Gasteiger partial charge in [0.1, 0.15) is 11.9 Å². The number of halogens is 1. The maximum Gasteiger partial charge on any atom is 0.235 e. The number of hydrogen-bond acceptors (Lipinski definition) is 3. The lowest BCUT2D eigenvalue weighted by molar-refractivity contribution is -0.118. The number of fused-ring (bicyclic) bond motifs is 1. The van der Waals surface area contributed by atoms with Gasteiger partial charge in [-0.05, 0) is 34.5 Å². The van der Waals surface area contributed by atoms with Crippen molar-refractivity contribution in [3.8, 4) is 5.75 Å². The van der Waals surface area contributed by atoms with Crippen molar-refractivity contribution in [3.05, 3.63) is 76.3 Å². The maximum atomic E-state index is 12.2. The quantitative estimate of drug-likeness (QED) is 0.698. The van der Waals surface area contributed by atoms with Crippen LogP contribution < -0.4 is 10.1 Å². The van der Waals surface area contributed by atoms with E-state index >= 15 is 0 Å². The summed E-state index contributed by atoms with van der Waals surface area (Å²) in [5, 5.41) is 5.35. The second-order valence-corrected chi connectivity index (χ2v) is 7.32. The van der Waals surface area contributed by atoms with Crippen LogP contribution in [0.2, 0.25) is 0 Å². The molecular formula is C21H19BrN2O2. The maximum absolute atomic E-state index is 12.2. The summed E-state index contributed by atoms with van der Waals surface area (Å²) in [7, 11) is 1.67. The van der Waals surface area contributed by atoms with E-state index in [-0.39, 0.29) is 12.1 Å². The topological polar surface area (TPSA) is 41.6 Å². The molecule has 1 amide bonds. The van der Waals surface area contributed by atoms with E-state index in [0.717, 1.165) is 32.1 Å². The van der Waals surface area contributed by atoms with E-state index < -0.39 is 0 Å². The Morgan fingerprint density at radius 2 is 1.88 bits per heavy atom. The first-order valence-electron chi connectivity index (χ1n) is 8.49. The fourth-order valence-electron chi connectivity index (χ4n) is 3.53. The minimum Gasteiger partial charge on any atom is -0.496 e. The van der Waals surface area contributed by atoms with Crippen molar-refractivity contribution in [2.75, 3.05) is 13.7 Å². The lowest BCUT2D eigenvalue weighted by atomic mass is 10.0. The highest BCUT2D eigenvalue weighted by molar-refractivity contribution is 9.10. The van der Waals surface area contributed by atoms with Crippen LogP contribution in [0.5, 0.6) is 5.75 Å². The lowest BCUT2D eigenvalue weighted by Gasteiger charge is -2.26. The van der Waals surface area contributed by atoms with Crippen molar-refractivity contribution in [1.82, 2.24) is 10.2 Å². The largest absolute Gasteiger partial charge is 0.496 e. The van der Waals surface area contributed by atoms with Crippen LogP contribution in [0.25, 0.3) is 10.8 Å². The summed E-state index contributed by atoms with van der Waals surface area (Å²) in [4.78, 5) is 14.4. The number of nitrogens with one attached hydrogen (secondary N) is 1. The zero-order valence-corrected chi connectivity index (χ0v) is 16.0. The third-order valence-electron chi connectivity index (χ3n) is 4.73. The Balaban J connectivity index is 1.76. The SMILES string of the molecule is COc1ccc2ccccc2c1[C@@H]1NC(=O)CN1Cc1ccc(Br)cc1. The third-order valence-corrected chi connectivity index (χ3v) is 5.26. The first-order valence-corrected chi connectivity index (χ1v) is 9.28. The minimum absolute atomic E-state index is 0.0297. The average molecular weight is 411 g/mol. The molecular weight excluding hydrogens is 392 g/mol. The molecule has 4 rings (SSSR count). The van der Waals surface area contributed by atoms with Gasteiger partial charge >= 0.3 is 0 Å². The van der Waals surface area contributed by atoms with Crippen LogP contribution in [0, 0.1) is 0 Å². The summed E-state index contributed by atoms with van der Waals surface area (Å²) >= 11 is 3.47. The Morgan fingerprint density at radius 1 is 1.12 bits per heavy atom. The Morgan fingerprint density at radius 3 is 2.65 bits per heavy atom. The molecule has 132 valence electrons. The summed E-state index contributed by atoms with van der Waals surface area (Å²) in [6, 6.07) is 20.4. The number of carbonyl (C=O) groups excluding carboxylic acids is 1. The molecule has 5 heteroatoms. The van der Waals surface area contributed by atoms with Crippen molar-refractivity contribution >= 4 is 32.6 Å². The Hall–Kier alpha value is -2.37. The van der Waals surface area contributed by atoms with E-state index in [9.17, 15) is 4.79 Å². The van der Waals surface area contributed by atoms with Crippen molar-refractivity contribution in [2.45, 2.75) is 12.7 Å². The minimum atomic E-state index is -0.216. The zero-order valence-electron chi connectivity index (χ0n) is 14.4. The van der Waals surface area contributed by atoms with Gasteiger partial charge in [0.25, 0.3) is 0 Å². The molecule has 1 saturated heterocycles. The summed E-state index contributed by atoms with van der Waals surface area (Å²) in [5.74, 6) is 0.818. The Kier molecular flexibility index (Phi) is 4.66. The van der Waals surface area contributed by atoms with Crippen LogP contribution in [0.3, 0.4) is 0 Å². The molecule has 0 unspecified atom stereocenters. The lowest BCUT2D eigenvalue weighted by Crippen LogP contribution is -2.28. The van der Waals surface area contributed by atoms with Gasteiger partial charge in [-0.3, -0.25) is 9.69 Å². The van der Waals surface area contributed by atoms with Crippen LogP contribution in [0.4, 0.5) is 0 Å². The summed E-state index contributed by atoms with van der Waals surface area (Å²) < 4.78 is 6.68. The average Bonchev–Trinajstić information content (AvgIpc) is 3.02. The highest BCUT2D eigenvalue weighted by Crippen LogP contribution is 2.37. The highest BCUT2D eigenvalue weighted by atomic mass is 79.9. The molecule has 1 atom stereocenters. The fraction of sp³-hybridized carbons (Fsp3) is 0.190. The molecule has 0 radical (unpaired) electrons. The van der Waals surface area contributed by atoms with Gasteiger partial charge < -0.3 is 10.1 Å². The molecule has 3 aromatic rings. The van der Waals surface area contributed by atoms with Crippen LogP contribution in [0.1, 0.15) is 17.3 Å². The van der Waals surface area contributed by atoms with E-state index in [1.165, 1.54) is 0 Å². The van der Waals surface area contributed by atoms with Gasteiger partial charge in [0.15, 0.2) is 0 Å². The van der Waals surface area contributed by atoms with Gasteiger partial charge in [0, 0.05) is 16.6 Å². The van der Waals surface area contributed by atoms with E-state index in [1.54, 1.807) is 7.11 Å². The number of methoxy groups -OCH3 is 1. The molecule has 4 nitrogen and oxygen atoms in total. The van der Waals surface area contributed by atoms with Gasteiger partial charge in [-0.2, -0.15) is 0 Å². The standard InChI is InChI=1S/C21H19BrN2O2/c1-26-18-11-8-15-4-2-3-5-17(15)20(18)21-23-19(25)13-24(21)12-14-6-9-16(22)10-7-14/h2-11,21H,12-13H2,1H3,(H,23,25)/t21-/m1/s1. The smallest absolute Gasteiger partial charge is 0.235 e. The molecule has 1 aliphatic heterocycles. The molecule has 3 aromatic carbocycles. The molecule has 1 N–H and O–H groups in total. The summed E-state index contributed by atoms with van der Waals surface area (Å²) in [6.07, 6.45) is -0.216. The second kappa shape index (κ2) is 7.09. The summed E-state index contributed by atoms with van der Waals surface area (Å²) in [6.45, 7) is 1.05. The third kappa shape index (κ3) is 3.20. The van der Waals surface area contributed by atoms with Crippen LogP contribution >= 0.6 is 15.9 Å². The molecule has 0 saturated carbocycles. The Bertz CT molecular complexity index is 956. The summed E-state index contributed by atoms with van der Waals surface area (Å²) in [5.41, 5.74) is 2.17. The number of benzene rings is 3. The predicted molar refractivity (Wildman–Crippen MR) is 106 cm³/mol. The monoisotopic (exact) mass is 410 g/mol. The van der Waals surface area contributed by atoms with Crippen LogP contribution in [-0.2, 0) is 11.3 Å². The normalized spacial score (nSPS) is 17.5. The molecule has 1 aliphatic rings. The number of amides is 1. The van der Waals surface area contributed by atoms with E-state index in [0.29, 0.717) is 13.1 Å². The van der Waals surface area contributed by atoms with E-state index in [4.69, 9.17) is 4.74 Å². The van der Waals surface area contributed by atoms with Crippen LogP contribution in [-0.4, -0.2) is 24.5 Å².